The van der Waals surface area contributed by atoms with E-state index in [4.69, 9.17) is 11.6 Å². The van der Waals surface area contributed by atoms with Gasteiger partial charge < -0.3 is 5.32 Å². The number of nitrogens with zero attached hydrogens (tertiary/aromatic N) is 2. The van der Waals surface area contributed by atoms with E-state index in [-0.39, 0.29) is 11.1 Å². The number of hydrogen-bond acceptors (Lipinski definition) is 4. The third-order valence-corrected chi connectivity index (χ3v) is 2.98. The number of rotatable bonds is 3. The number of carbonyl (C=O) groups excluding carboxylic acids is 4. The van der Waals surface area contributed by atoms with Crippen molar-refractivity contribution in [3.05, 3.63) is 35.4 Å². The zero-order chi connectivity index (χ0) is 14.9. The van der Waals surface area contributed by atoms with E-state index in [1.807, 2.05) is 0 Å². The van der Waals surface area contributed by atoms with E-state index in [1.165, 1.54) is 19.2 Å². The molecule has 4 amide bonds. The Labute approximate surface area is 119 Å². The van der Waals surface area contributed by atoms with Gasteiger partial charge in [-0.3, -0.25) is 19.2 Å². The lowest BCUT2D eigenvalue weighted by molar-refractivity contribution is -0.122. The molecule has 0 aromatic heterocycles. The maximum atomic E-state index is 12.1. The lowest BCUT2D eigenvalue weighted by Crippen LogP contribution is -2.51. The number of benzene rings is 1. The number of hydrogen-bond donors (Lipinski definition) is 1. The minimum absolute atomic E-state index is 0.164. The average Bonchev–Trinajstić information content (AvgIpc) is 2.69. The van der Waals surface area contributed by atoms with Gasteiger partial charge in [-0.25, -0.2) is 5.01 Å². The van der Waals surface area contributed by atoms with Gasteiger partial charge in [0.2, 0.25) is 5.91 Å². The predicted octanol–water partition coefficient (Wildman–Crippen LogP) is 0.604. The molecule has 1 aromatic rings. The molecule has 0 aliphatic carbocycles. The van der Waals surface area contributed by atoms with E-state index in [0.717, 1.165) is 0 Å². The van der Waals surface area contributed by atoms with Crippen LogP contribution in [0.4, 0.5) is 4.79 Å². The Morgan fingerprint density at radius 2 is 1.70 bits per heavy atom. The first-order chi connectivity index (χ1) is 9.47. The van der Waals surface area contributed by atoms with Crippen LogP contribution in [-0.2, 0) is 4.79 Å². The van der Waals surface area contributed by atoms with Gasteiger partial charge in [0.25, 0.3) is 11.8 Å². The van der Waals surface area contributed by atoms with E-state index in [1.54, 1.807) is 12.1 Å². The van der Waals surface area contributed by atoms with Crippen LogP contribution in [0.15, 0.2) is 24.3 Å². The fourth-order valence-electron chi connectivity index (χ4n) is 1.82. The lowest BCUT2D eigenvalue weighted by Gasteiger charge is -2.26. The summed E-state index contributed by atoms with van der Waals surface area (Å²) in [4.78, 5) is 47.0. The summed E-state index contributed by atoms with van der Waals surface area (Å²) in [6, 6.07) is 6.12. The number of likely N-dealkylation sites (N-methyl/N-ethyl adjacent to an activating group) is 1. The molecule has 0 radical (unpaired) electrons. The molecule has 0 fully saturated rings. The molecule has 0 saturated carbocycles. The van der Waals surface area contributed by atoms with Crippen LogP contribution in [0.5, 0.6) is 0 Å². The van der Waals surface area contributed by atoms with Crippen LogP contribution in [0, 0.1) is 0 Å². The van der Waals surface area contributed by atoms with Gasteiger partial charge in [-0.05, 0) is 23.7 Å². The van der Waals surface area contributed by atoms with Crippen molar-refractivity contribution in [3.8, 4) is 0 Å². The van der Waals surface area contributed by atoms with Gasteiger partial charge in [0.05, 0.1) is 11.1 Å². The highest BCUT2D eigenvalue weighted by atomic mass is 35.5. The third kappa shape index (κ3) is 2.23. The van der Waals surface area contributed by atoms with Crippen molar-refractivity contribution in [2.75, 3.05) is 13.6 Å². The second-order valence-corrected chi connectivity index (χ2v) is 4.27. The number of amides is 4. The second kappa shape index (κ2) is 5.30. The largest absolute Gasteiger partial charge is 0.358 e. The number of halogens is 1. The van der Waals surface area contributed by atoms with E-state index in [0.29, 0.717) is 10.0 Å². The molecule has 1 heterocycles. The van der Waals surface area contributed by atoms with Crippen LogP contribution in [-0.4, -0.2) is 46.7 Å². The molecule has 0 spiro atoms. The van der Waals surface area contributed by atoms with Gasteiger partial charge in [0.1, 0.15) is 6.54 Å². The molecule has 8 heteroatoms. The van der Waals surface area contributed by atoms with Gasteiger partial charge in [0, 0.05) is 7.05 Å². The normalized spacial score (nSPS) is 13.2. The van der Waals surface area contributed by atoms with E-state index in [9.17, 15) is 19.2 Å². The summed E-state index contributed by atoms with van der Waals surface area (Å²) in [5.74, 6) is -1.94. The SMILES string of the molecule is CNC(=O)CN(C(=O)Cl)N1C(=O)c2ccccc2C1=O. The average molecular weight is 296 g/mol. The first-order valence-electron chi connectivity index (χ1n) is 5.62. The summed E-state index contributed by atoms with van der Waals surface area (Å²) in [6.45, 7) is -0.524. The molecule has 1 aromatic carbocycles. The van der Waals surface area contributed by atoms with Crippen LogP contribution in [0.3, 0.4) is 0 Å². The lowest BCUT2D eigenvalue weighted by atomic mass is 10.1. The smallest absolute Gasteiger partial charge is 0.336 e. The van der Waals surface area contributed by atoms with Gasteiger partial charge in [0.15, 0.2) is 0 Å². The Hall–Kier alpha value is -2.41. The highest BCUT2D eigenvalue weighted by Gasteiger charge is 2.41. The van der Waals surface area contributed by atoms with Crippen molar-refractivity contribution in [1.29, 1.82) is 0 Å². The monoisotopic (exact) mass is 295 g/mol. The molecular formula is C12H10ClN3O4. The highest BCUT2D eigenvalue weighted by Crippen LogP contribution is 2.24. The van der Waals surface area contributed by atoms with Crippen LogP contribution in [0.1, 0.15) is 20.7 Å². The minimum atomic E-state index is -1.09. The maximum Gasteiger partial charge on any atom is 0.336 e. The number of imide groups is 1. The van der Waals surface area contributed by atoms with Crippen LogP contribution < -0.4 is 5.32 Å². The number of fused-ring (bicyclic) bond motifs is 1. The predicted molar refractivity (Wildman–Crippen MR) is 69.0 cm³/mol. The summed E-state index contributed by atoms with van der Waals surface area (Å²) >= 11 is 5.36. The van der Waals surface area contributed by atoms with E-state index < -0.39 is 29.6 Å². The Kier molecular flexibility index (Phi) is 3.71. The quantitative estimate of drug-likeness (QED) is 0.503. The summed E-state index contributed by atoms with van der Waals surface area (Å²) in [5, 5.41) is 2.37. The Balaban J connectivity index is 2.37. The molecule has 104 valence electrons. The number of carbonyl (C=O) groups is 4. The van der Waals surface area contributed by atoms with Gasteiger partial charge in [-0.15, -0.1) is 0 Å². The summed E-state index contributed by atoms with van der Waals surface area (Å²) in [7, 11) is 1.36. The molecule has 0 saturated heterocycles. The fraction of sp³-hybridized carbons (Fsp3) is 0.167. The van der Waals surface area contributed by atoms with Crippen molar-refractivity contribution in [1.82, 2.24) is 15.3 Å². The van der Waals surface area contributed by atoms with Crippen molar-refractivity contribution >= 4 is 34.7 Å². The van der Waals surface area contributed by atoms with E-state index in [2.05, 4.69) is 5.32 Å². The molecule has 2 rings (SSSR count). The number of hydrazine groups is 1. The second-order valence-electron chi connectivity index (χ2n) is 3.95. The molecule has 0 bridgehead atoms. The first kappa shape index (κ1) is 14.0. The fourth-order valence-corrected chi connectivity index (χ4v) is 1.96. The van der Waals surface area contributed by atoms with Crippen LogP contribution >= 0.6 is 11.6 Å². The third-order valence-electron chi connectivity index (χ3n) is 2.79. The summed E-state index contributed by atoms with van der Waals surface area (Å²) in [5.41, 5.74) is 0.328. The summed E-state index contributed by atoms with van der Waals surface area (Å²) < 4.78 is 0. The zero-order valence-corrected chi connectivity index (χ0v) is 11.2. The molecule has 0 unspecified atom stereocenters. The zero-order valence-electron chi connectivity index (χ0n) is 10.4. The molecule has 1 N–H and O–H groups in total. The van der Waals surface area contributed by atoms with Gasteiger partial charge in [-0.1, -0.05) is 12.1 Å². The van der Waals surface area contributed by atoms with Crippen molar-refractivity contribution in [2.24, 2.45) is 0 Å². The Morgan fingerprint density at radius 3 is 2.10 bits per heavy atom. The van der Waals surface area contributed by atoms with Crippen LogP contribution in [0.2, 0.25) is 0 Å². The minimum Gasteiger partial charge on any atom is -0.358 e. The maximum absolute atomic E-state index is 12.1. The van der Waals surface area contributed by atoms with Crippen molar-refractivity contribution in [2.45, 2.75) is 0 Å². The first-order valence-corrected chi connectivity index (χ1v) is 6.00. The topological polar surface area (TPSA) is 86.8 Å². The molecular weight excluding hydrogens is 286 g/mol. The molecule has 1 aliphatic heterocycles. The van der Waals surface area contributed by atoms with Gasteiger partial charge in [-0.2, -0.15) is 5.01 Å². The highest BCUT2D eigenvalue weighted by molar-refractivity contribution is 6.63. The Morgan fingerprint density at radius 1 is 1.20 bits per heavy atom. The van der Waals surface area contributed by atoms with Gasteiger partial charge >= 0.3 is 5.37 Å². The number of nitrogens with one attached hydrogen (secondary N) is 1. The molecule has 0 atom stereocenters. The molecule has 1 aliphatic rings. The molecule has 7 nitrogen and oxygen atoms in total. The Bertz CT molecular complexity index is 581. The van der Waals surface area contributed by atoms with E-state index >= 15 is 0 Å². The van der Waals surface area contributed by atoms with Crippen molar-refractivity contribution in [3.63, 3.8) is 0 Å². The van der Waals surface area contributed by atoms with Crippen molar-refractivity contribution < 1.29 is 19.2 Å². The standard InChI is InChI=1S/C12H10ClN3O4/c1-14-9(17)6-15(12(13)20)16-10(18)7-4-2-3-5-8(7)11(16)19/h2-5H,6H2,1H3,(H,14,17). The summed E-state index contributed by atoms with van der Waals surface area (Å²) in [6.07, 6.45) is 0. The van der Waals surface area contributed by atoms with Crippen LogP contribution in [0.25, 0.3) is 0 Å². The molecule has 20 heavy (non-hydrogen) atoms.